The third-order valence-electron chi connectivity index (χ3n) is 4.14. The van der Waals surface area contributed by atoms with Crippen molar-refractivity contribution in [2.45, 2.75) is 51.7 Å². The molecule has 1 aromatic carbocycles. The lowest BCUT2D eigenvalue weighted by Gasteiger charge is -2.27. The summed E-state index contributed by atoms with van der Waals surface area (Å²) in [5.74, 6) is 3.10. The van der Waals surface area contributed by atoms with Crippen LogP contribution >= 0.6 is 11.8 Å². The van der Waals surface area contributed by atoms with Crippen molar-refractivity contribution >= 4 is 17.7 Å². The summed E-state index contributed by atoms with van der Waals surface area (Å²) in [7, 11) is 0. The molecule has 2 N–H and O–H groups in total. The molecule has 1 fully saturated rings. The smallest absolute Gasteiger partial charge is 0.191 e. The first kappa shape index (κ1) is 19.0. The number of nitrogens with one attached hydrogen (secondary N) is 2. The second kappa shape index (κ2) is 11.2. The van der Waals surface area contributed by atoms with Crippen molar-refractivity contribution in [1.29, 1.82) is 0 Å². The van der Waals surface area contributed by atoms with E-state index in [1.165, 1.54) is 37.9 Å². The number of thioether (sulfide) groups is 1. The number of hydrogen-bond acceptors (Lipinski definition) is 3. The minimum atomic E-state index is 0.401. The lowest BCUT2D eigenvalue weighted by atomic mass is 9.96. The van der Waals surface area contributed by atoms with Crippen LogP contribution in [0.1, 0.15) is 44.6 Å². The molecule has 134 valence electrons. The number of benzene rings is 1. The molecule has 0 heterocycles. The normalized spacial score (nSPS) is 15.0. The Labute approximate surface area is 150 Å². The number of rotatable bonds is 10. The first-order valence-electron chi connectivity index (χ1n) is 9.09. The summed E-state index contributed by atoms with van der Waals surface area (Å²) in [6.45, 7) is 4.57. The van der Waals surface area contributed by atoms with Gasteiger partial charge >= 0.3 is 0 Å². The van der Waals surface area contributed by atoms with Gasteiger partial charge in [-0.15, -0.1) is 0 Å². The second-order valence-corrected chi connectivity index (χ2v) is 7.09. The lowest BCUT2D eigenvalue weighted by Crippen LogP contribution is -2.37. The zero-order chi connectivity index (χ0) is 17.0. The van der Waals surface area contributed by atoms with E-state index in [4.69, 9.17) is 9.73 Å². The third-order valence-corrected chi connectivity index (χ3v) is 4.83. The molecule has 4 nitrogen and oxygen atoms in total. The minimum absolute atomic E-state index is 0.401. The van der Waals surface area contributed by atoms with E-state index >= 15 is 0 Å². The maximum Gasteiger partial charge on any atom is 0.191 e. The molecule has 0 spiro atoms. The van der Waals surface area contributed by atoms with Gasteiger partial charge in [-0.3, -0.25) is 0 Å². The molecule has 0 bridgehead atoms. The molecule has 0 aliphatic heterocycles. The van der Waals surface area contributed by atoms with Crippen LogP contribution in [0.5, 0.6) is 5.75 Å². The Morgan fingerprint density at radius 1 is 1.25 bits per heavy atom. The highest BCUT2D eigenvalue weighted by Crippen LogP contribution is 2.27. The maximum atomic E-state index is 6.09. The number of para-hydroxylation sites is 1. The molecule has 1 saturated carbocycles. The number of aliphatic imine (C=N–C) groups is 1. The van der Waals surface area contributed by atoms with Gasteiger partial charge in [0.25, 0.3) is 0 Å². The van der Waals surface area contributed by atoms with Crippen LogP contribution in [0.4, 0.5) is 0 Å². The van der Waals surface area contributed by atoms with Crippen LogP contribution in [-0.2, 0) is 6.54 Å². The first-order valence-corrected chi connectivity index (χ1v) is 10.5. The SMILES string of the molecule is CCNC(=NCc1ccccc1OC1CCC1)NCCCCSC. The van der Waals surface area contributed by atoms with Crippen LogP contribution in [0.15, 0.2) is 29.3 Å². The monoisotopic (exact) mass is 349 g/mol. The highest BCUT2D eigenvalue weighted by molar-refractivity contribution is 7.98. The minimum Gasteiger partial charge on any atom is -0.490 e. The van der Waals surface area contributed by atoms with Crippen LogP contribution in [0, 0.1) is 0 Å². The topological polar surface area (TPSA) is 45.7 Å². The highest BCUT2D eigenvalue weighted by Gasteiger charge is 2.20. The number of ether oxygens (including phenoxy) is 1. The van der Waals surface area contributed by atoms with Gasteiger partial charge < -0.3 is 15.4 Å². The van der Waals surface area contributed by atoms with Crippen molar-refractivity contribution in [2.24, 2.45) is 4.99 Å². The van der Waals surface area contributed by atoms with Crippen LogP contribution in [0.25, 0.3) is 0 Å². The summed E-state index contributed by atoms with van der Waals surface area (Å²) < 4.78 is 6.09. The molecule has 2 rings (SSSR count). The van der Waals surface area contributed by atoms with Gasteiger partial charge in [-0.1, -0.05) is 18.2 Å². The number of unbranched alkanes of at least 4 members (excludes halogenated alkanes) is 1. The van der Waals surface area contributed by atoms with E-state index in [2.05, 4.69) is 42.0 Å². The summed E-state index contributed by atoms with van der Waals surface area (Å²) in [6, 6.07) is 8.27. The molecule has 5 heteroatoms. The molecule has 0 saturated heterocycles. The highest BCUT2D eigenvalue weighted by atomic mass is 32.2. The Bertz CT molecular complexity index is 503. The number of hydrogen-bond donors (Lipinski definition) is 2. The van der Waals surface area contributed by atoms with Crippen molar-refractivity contribution in [3.05, 3.63) is 29.8 Å². The molecular weight excluding hydrogens is 318 g/mol. The van der Waals surface area contributed by atoms with Crippen LogP contribution < -0.4 is 15.4 Å². The van der Waals surface area contributed by atoms with Crippen LogP contribution in [0.3, 0.4) is 0 Å². The van der Waals surface area contributed by atoms with Crippen molar-refractivity contribution in [2.75, 3.05) is 25.1 Å². The Morgan fingerprint density at radius 2 is 2.08 bits per heavy atom. The average molecular weight is 350 g/mol. The van der Waals surface area contributed by atoms with E-state index in [-0.39, 0.29) is 0 Å². The van der Waals surface area contributed by atoms with Gasteiger partial charge in [0.05, 0.1) is 12.6 Å². The van der Waals surface area contributed by atoms with Crippen molar-refractivity contribution in [1.82, 2.24) is 10.6 Å². The van der Waals surface area contributed by atoms with E-state index in [0.717, 1.165) is 30.4 Å². The molecule has 0 atom stereocenters. The van der Waals surface area contributed by atoms with Gasteiger partial charge in [-0.2, -0.15) is 11.8 Å². The summed E-state index contributed by atoms with van der Waals surface area (Å²) in [5.41, 5.74) is 1.16. The van der Waals surface area contributed by atoms with Gasteiger partial charge in [-0.05, 0) is 57.1 Å². The summed E-state index contributed by atoms with van der Waals surface area (Å²) in [4.78, 5) is 4.72. The Morgan fingerprint density at radius 3 is 2.79 bits per heavy atom. The van der Waals surface area contributed by atoms with Crippen molar-refractivity contribution < 1.29 is 4.74 Å². The zero-order valence-electron chi connectivity index (χ0n) is 15.0. The van der Waals surface area contributed by atoms with Gasteiger partial charge in [0.15, 0.2) is 5.96 Å². The quantitative estimate of drug-likeness (QED) is 0.383. The number of guanidine groups is 1. The molecule has 24 heavy (non-hydrogen) atoms. The molecule has 0 aromatic heterocycles. The van der Waals surface area contributed by atoms with Gasteiger partial charge in [0, 0.05) is 18.7 Å². The fourth-order valence-electron chi connectivity index (χ4n) is 2.50. The van der Waals surface area contributed by atoms with Crippen LogP contribution in [0.2, 0.25) is 0 Å². The van der Waals surface area contributed by atoms with E-state index in [1.54, 1.807) is 0 Å². The predicted octanol–water partition coefficient (Wildman–Crippen LogP) is 3.82. The largest absolute Gasteiger partial charge is 0.490 e. The summed E-state index contributed by atoms with van der Waals surface area (Å²) >= 11 is 1.90. The predicted molar refractivity (Wildman–Crippen MR) is 105 cm³/mol. The Balaban J connectivity index is 1.87. The molecule has 1 aliphatic rings. The van der Waals surface area contributed by atoms with Crippen LogP contribution in [-0.4, -0.2) is 37.2 Å². The standard InChI is InChI=1S/C19H31N3OS/c1-3-20-19(21-13-6-7-14-24-2)22-15-16-9-4-5-12-18(16)23-17-10-8-11-17/h4-5,9,12,17H,3,6-8,10-11,13-15H2,1-2H3,(H2,20,21,22). The first-order chi connectivity index (χ1) is 11.8. The lowest BCUT2D eigenvalue weighted by molar-refractivity contribution is 0.119. The summed E-state index contributed by atoms with van der Waals surface area (Å²) in [5, 5.41) is 6.74. The molecule has 1 aromatic rings. The van der Waals surface area contributed by atoms with E-state index in [0.29, 0.717) is 12.6 Å². The zero-order valence-corrected chi connectivity index (χ0v) is 15.8. The van der Waals surface area contributed by atoms with E-state index < -0.39 is 0 Å². The number of nitrogens with zero attached hydrogens (tertiary/aromatic N) is 1. The van der Waals surface area contributed by atoms with E-state index in [9.17, 15) is 0 Å². The van der Waals surface area contributed by atoms with Gasteiger partial charge in [0.2, 0.25) is 0 Å². The maximum absolute atomic E-state index is 6.09. The average Bonchev–Trinajstić information content (AvgIpc) is 2.56. The Hall–Kier alpha value is -1.36. The second-order valence-electron chi connectivity index (χ2n) is 6.10. The Kier molecular flexibility index (Phi) is 8.88. The van der Waals surface area contributed by atoms with E-state index in [1.807, 2.05) is 17.8 Å². The third kappa shape index (κ3) is 6.63. The molecule has 0 unspecified atom stereocenters. The van der Waals surface area contributed by atoms with Gasteiger partial charge in [-0.25, -0.2) is 4.99 Å². The molecule has 0 amide bonds. The molecule has 1 aliphatic carbocycles. The molecular formula is C19H31N3OS. The van der Waals surface area contributed by atoms with Gasteiger partial charge in [0.1, 0.15) is 5.75 Å². The molecule has 0 radical (unpaired) electrons. The fourth-order valence-corrected chi connectivity index (χ4v) is 2.99. The van der Waals surface area contributed by atoms with Crippen molar-refractivity contribution in [3.63, 3.8) is 0 Å². The summed E-state index contributed by atoms with van der Waals surface area (Å²) in [6.07, 6.45) is 8.62. The fraction of sp³-hybridized carbons (Fsp3) is 0.632. The van der Waals surface area contributed by atoms with Crippen molar-refractivity contribution in [3.8, 4) is 5.75 Å².